The molecule has 0 bridgehead atoms. The van der Waals surface area contributed by atoms with Crippen LogP contribution in [0.15, 0.2) is 36.4 Å². The van der Waals surface area contributed by atoms with E-state index in [0.29, 0.717) is 12.2 Å². The van der Waals surface area contributed by atoms with Crippen LogP contribution < -0.4 is 5.32 Å². The summed E-state index contributed by atoms with van der Waals surface area (Å²) in [5.74, 6) is -0.351. The van der Waals surface area contributed by atoms with E-state index in [-0.39, 0.29) is 11.4 Å². The second kappa shape index (κ2) is 6.04. The van der Waals surface area contributed by atoms with Crippen molar-refractivity contribution in [3.63, 3.8) is 0 Å². The number of hydrogen-bond acceptors (Lipinski definition) is 3. The van der Waals surface area contributed by atoms with Gasteiger partial charge >= 0.3 is 5.97 Å². The summed E-state index contributed by atoms with van der Waals surface area (Å²) in [7, 11) is 1.38. The molecule has 2 aromatic rings. The fourth-order valence-corrected chi connectivity index (χ4v) is 2.25. The first-order valence-electron chi connectivity index (χ1n) is 7.01. The maximum Gasteiger partial charge on any atom is 0.354 e. The van der Waals surface area contributed by atoms with E-state index < -0.39 is 0 Å². The zero-order valence-electron chi connectivity index (χ0n) is 13.0. The number of rotatable bonds is 4. The molecule has 0 amide bonds. The lowest BCUT2D eigenvalue weighted by Crippen LogP contribution is -2.14. The molecular weight excluding hydrogens is 264 g/mol. The van der Waals surface area contributed by atoms with E-state index in [1.54, 1.807) is 6.07 Å². The van der Waals surface area contributed by atoms with Gasteiger partial charge in [0.25, 0.3) is 0 Å². The number of H-pyrrole nitrogens is 1. The van der Waals surface area contributed by atoms with Crippen molar-refractivity contribution in [3.8, 4) is 0 Å². The van der Waals surface area contributed by atoms with Gasteiger partial charge in [0.15, 0.2) is 0 Å². The van der Waals surface area contributed by atoms with E-state index >= 15 is 0 Å². The maximum atomic E-state index is 11.4. The van der Waals surface area contributed by atoms with E-state index in [9.17, 15) is 4.79 Å². The summed E-state index contributed by atoms with van der Waals surface area (Å²) in [5.41, 5.74) is 3.87. The Morgan fingerprint density at radius 1 is 1.19 bits per heavy atom. The lowest BCUT2D eigenvalue weighted by Gasteiger charge is -2.23. The topological polar surface area (TPSA) is 54.1 Å². The average molecular weight is 286 g/mol. The van der Waals surface area contributed by atoms with Crippen LogP contribution in [0.4, 0.5) is 5.69 Å². The molecule has 4 nitrogen and oxygen atoms in total. The van der Waals surface area contributed by atoms with Crippen molar-refractivity contribution in [2.45, 2.75) is 32.7 Å². The maximum absolute atomic E-state index is 11.4. The van der Waals surface area contributed by atoms with E-state index in [0.717, 1.165) is 11.4 Å². The van der Waals surface area contributed by atoms with Crippen molar-refractivity contribution in [2.24, 2.45) is 0 Å². The minimum Gasteiger partial charge on any atom is -0.464 e. The normalized spacial score (nSPS) is 11.2. The second-order valence-corrected chi connectivity index (χ2v) is 6.04. The summed E-state index contributed by atoms with van der Waals surface area (Å²) >= 11 is 0. The van der Waals surface area contributed by atoms with Crippen LogP contribution >= 0.6 is 0 Å². The molecule has 0 saturated carbocycles. The number of benzene rings is 1. The molecule has 0 spiro atoms. The van der Waals surface area contributed by atoms with Crippen molar-refractivity contribution in [2.75, 3.05) is 12.4 Å². The zero-order chi connectivity index (χ0) is 15.5. The molecule has 0 atom stereocenters. The number of carbonyl (C=O) groups excluding carboxylic acids is 1. The Hall–Kier alpha value is -2.23. The number of ether oxygens (including phenoxy) is 1. The molecule has 0 aliphatic heterocycles. The summed E-state index contributed by atoms with van der Waals surface area (Å²) in [6, 6.07) is 11.9. The minimum atomic E-state index is -0.351. The monoisotopic (exact) mass is 286 g/mol. The predicted molar refractivity (Wildman–Crippen MR) is 84.6 cm³/mol. The van der Waals surface area contributed by atoms with Crippen LogP contribution in [0.1, 0.15) is 42.5 Å². The predicted octanol–water partition coefficient (Wildman–Crippen LogP) is 3.71. The first-order chi connectivity index (χ1) is 9.91. The lowest BCUT2D eigenvalue weighted by atomic mass is 9.86. The molecule has 1 heterocycles. The number of carbonyl (C=O) groups is 1. The highest BCUT2D eigenvalue weighted by Gasteiger charge is 2.17. The van der Waals surface area contributed by atoms with Crippen LogP contribution in [-0.4, -0.2) is 18.1 Å². The van der Waals surface area contributed by atoms with Crippen molar-refractivity contribution in [3.05, 3.63) is 53.3 Å². The van der Waals surface area contributed by atoms with Gasteiger partial charge in [-0.1, -0.05) is 39.0 Å². The molecule has 0 saturated heterocycles. The number of para-hydroxylation sites is 1. The molecule has 112 valence electrons. The number of nitrogens with one attached hydrogen (secondary N) is 2. The Balaban J connectivity index is 2.10. The van der Waals surface area contributed by atoms with Crippen molar-refractivity contribution in [1.82, 2.24) is 4.98 Å². The van der Waals surface area contributed by atoms with Crippen LogP contribution in [0.25, 0.3) is 0 Å². The Kier molecular flexibility index (Phi) is 4.36. The molecule has 0 unspecified atom stereocenters. The Morgan fingerprint density at radius 2 is 1.90 bits per heavy atom. The quantitative estimate of drug-likeness (QED) is 0.842. The summed E-state index contributed by atoms with van der Waals surface area (Å²) in [6.45, 7) is 7.20. The average Bonchev–Trinajstić information content (AvgIpc) is 2.92. The van der Waals surface area contributed by atoms with Crippen LogP contribution in [0.3, 0.4) is 0 Å². The van der Waals surface area contributed by atoms with Gasteiger partial charge in [0.1, 0.15) is 5.69 Å². The molecule has 4 heteroatoms. The van der Waals surface area contributed by atoms with Crippen molar-refractivity contribution < 1.29 is 9.53 Å². The molecule has 1 aromatic heterocycles. The standard InChI is InChI=1S/C17H22N2O2/c1-17(2,3)13-7-5-6-8-14(13)18-11-12-9-10-15(19-12)16(20)21-4/h5-10,18-19H,11H2,1-4H3. The molecule has 1 aromatic carbocycles. The van der Waals surface area contributed by atoms with E-state index in [1.807, 2.05) is 12.1 Å². The van der Waals surface area contributed by atoms with Gasteiger partial charge in [-0.15, -0.1) is 0 Å². The third-order valence-electron chi connectivity index (χ3n) is 3.36. The Bertz CT molecular complexity index is 624. The molecule has 0 fully saturated rings. The number of esters is 1. The van der Waals surface area contributed by atoms with Gasteiger partial charge in [-0.3, -0.25) is 0 Å². The van der Waals surface area contributed by atoms with Gasteiger partial charge in [0.05, 0.1) is 13.7 Å². The summed E-state index contributed by atoms with van der Waals surface area (Å²) in [4.78, 5) is 14.5. The van der Waals surface area contributed by atoms with Crippen LogP contribution in [0, 0.1) is 0 Å². The van der Waals surface area contributed by atoms with Gasteiger partial charge in [-0.25, -0.2) is 4.79 Å². The summed E-state index contributed by atoms with van der Waals surface area (Å²) in [6.07, 6.45) is 0. The summed E-state index contributed by atoms with van der Waals surface area (Å²) in [5, 5.41) is 3.42. The SMILES string of the molecule is COC(=O)c1ccc(CNc2ccccc2C(C)(C)C)[nH]1. The minimum absolute atomic E-state index is 0.0799. The second-order valence-electron chi connectivity index (χ2n) is 6.04. The molecule has 2 rings (SSSR count). The number of methoxy groups -OCH3 is 1. The molecule has 0 radical (unpaired) electrons. The molecular formula is C17H22N2O2. The highest BCUT2D eigenvalue weighted by Crippen LogP contribution is 2.29. The molecule has 21 heavy (non-hydrogen) atoms. The first kappa shape index (κ1) is 15.2. The van der Waals surface area contributed by atoms with Crippen LogP contribution in [-0.2, 0) is 16.7 Å². The van der Waals surface area contributed by atoms with Crippen molar-refractivity contribution >= 4 is 11.7 Å². The third kappa shape index (κ3) is 3.66. The number of anilines is 1. The van der Waals surface area contributed by atoms with Gasteiger partial charge in [-0.05, 0) is 29.2 Å². The van der Waals surface area contributed by atoms with Crippen molar-refractivity contribution in [1.29, 1.82) is 0 Å². The highest BCUT2D eigenvalue weighted by molar-refractivity contribution is 5.87. The van der Waals surface area contributed by atoms with E-state index in [1.165, 1.54) is 12.7 Å². The van der Waals surface area contributed by atoms with Gasteiger partial charge in [-0.2, -0.15) is 0 Å². The van der Waals surface area contributed by atoms with E-state index in [4.69, 9.17) is 0 Å². The van der Waals surface area contributed by atoms with E-state index in [2.05, 4.69) is 54.0 Å². The van der Waals surface area contributed by atoms with Crippen LogP contribution in [0.5, 0.6) is 0 Å². The fraction of sp³-hybridized carbons (Fsp3) is 0.353. The number of aromatic nitrogens is 1. The molecule has 0 aliphatic carbocycles. The van der Waals surface area contributed by atoms with Gasteiger partial charge in [0.2, 0.25) is 0 Å². The lowest BCUT2D eigenvalue weighted by molar-refractivity contribution is 0.0594. The molecule has 2 N–H and O–H groups in total. The highest BCUT2D eigenvalue weighted by atomic mass is 16.5. The fourth-order valence-electron chi connectivity index (χ4n) is 2.25. The zero-order valence-corrected chi connectivity index (χ0v) is 13.0. The van der Waals surface area contributed by atoms with Crippen LogP contribution in [0.2, 0.25) is 0 Å². The smallest absolute Gasteiger partial charge is 0.354 e. The summed E-state index contributed by atoms with van der Waals surface area (Å²) < 4.78 is 4.69. The number of hydrogen-bond donors (Lipinski definition) is 2. The number of aromatic amines is 1. The Morgan fingerprint density at radius 3 is 2.57 bits per heavy atom. The van der Waals surface area contributed by atoms with Gasteiger partial charge < -0.3 is 15.0 Å². The van der Waals surface area contributed by atoms with Gasteiger partial charge in [0, 0.05) is 11.4 Å². The molecule has 0 aliphatic rings. The Labute approximate surface area is 125 Å². The largest absolute Gasteiger partial charge is 0.464 e. The first-order valence-corrected chi connectivity index (χ1v) is 7.01. The third-order valence-corrected chi connectivity index (χ3v) is 3.36.